The molecule has 1 aromatic heterocycles. The van der Waals surface area contributed by atoms with Crippen LogP contribution in [-0.2, 0) is 15.9 Å². The van der Waals surface area contributed by atoms with Gasteiger partial charge in [-0.05, 0) is 44.1 Å². The molecule has 0 saturated carbocycles. The van der Waals surface area contributed by atoms with Crippen molar-refractivity contribution in [2.24, 2.45) is 4.99 Å². The van der Waals surface area contributed by atoms with E-state index < -0.39 is 0 Å². The molecule has 0 aromatic carbocycles. The second-order valence-corrected chi connectivity index (χ2v) is 8.09. The van der Waals surface area contributed by atoms with Gasteiger partial charge >= 0.3 is 0 Å². The van der Waals surface area contributed by atoms with Gasteiger partial charge in [0.15, 0.2) is 5.96 Å². The summed E-state index contributed by atoms with van der Waals surface area (Å²) in [6.45, 7) is 5.30. The first kappa shape index (κ1) is 23.8. The summed E-state index contributed by atoms with van der Waals surface area (Å²) in [6.07, 6.45) is 9.80. The van der Waals surface area contributed by atoms with Crippen LogP contribution in [-0.4, -0.2) is 74.5 Å². The highest BCUT2D eigenvalue weighted by atomic mass is 127. The first-order valence-corrected chi connectivity index (χ1v) is 11.5. The summed E-state index contributed by atoms with van der Waals surface area (Å²) in [5.41, 5.74) is 0. The number of likely N-dealkylation sites (tertiary alicyclic amines) is 1. The van der Waals surface area contributed by atoms with Crippen LogP contribution in [0.3, 0.4) is 0 Å². The van der Waals surface area contributed by atoms with Gasteiger partial charge in [-0.25, -0.2) is 0 Å². The summed E-state index contributed by atoms with van der Waals surface area (Å²) in [6, 6.07) is 3.95. The summed E-state index contributed by atoms with van der Waals surface area (Å²) in [7, 11) is 0. The van der Waals surface area contributed by atoms with E-state index in [1.54, 1.807) is 6.26 Å². The first-order valence-electron chi connectivity index (χ1n) is 10.1. The monoisotopic (exact) mass is 523 g/mol. The molecular formula is C20H34IN3O3S. The van der Waals surface area contributed by atoms with Gasteiger partial charge in [0.05, 0.1) is 31.6 Å². The third-order valence-corrected chi connectivity index (χ3v) is 5.67. The summed E-state index contributed by atoms with van der Waals surface area (Å²) in [5, 5.41) is 3.52. The molecule has 1 atom stereocenters. The van der Waals surface area contributed by atoms with Gasteiger partial charge in [0.1, 0.15) is 5.76 Å². The van der Waals surface area contributed by atoms with Crippen molar-refractivity contribution in [3.05, 3.63) is 24.2 Å². The maximum absolute atomic E-state index is 6.10. The van der Waals surface area contributed by atoms with Crippen molar-refractivity contribution in [1.29, 1.82) is 0 Å². The molecule has 0 amide bonds. The fraction of sp³-hybridized carbons (Fsp3) is 0.750. The van der Waals surface area contributed by atoms with Crippen molar-refractivity contribution in [3.8, 4) is 0 Å². The molecule has 1 unspecified atom stereocenters. The van der Waals surface area contributed by atoms with Crippen LogP contribution in [0.25, 0.3) is 0 Å². The first-order chi connectivity index (χ1) is 13.3. The molecule has 2 saturated heterocycles. The molecule has 0 bridgehead atoms. The van der Waals surface area contributed by atoms with Gasteiger partial charge in [0.25, 0.3) is 0 Å². The predicted molar refractivity (Wildman–Crippen MR) is 126 cm³/mol. The standard InChI is InChI=1S/C20H33N3O3S.HI/c1-27-15-10-22-20(21-9-6-17-4-2-13-24-17)23-11-7-18(8-12-23)26-16-19-5-3-14-25-19;/h2,4,13,18-19H,3,5-12,14-16H2,1H3,(H,21,22);1H. The van der Waals surface area contributed by atoms with Crippen molar-refractivity contribution in [3.63, 3.8) is 0 Å². The number of hydrogen-bond acceptors (Lipinski definition) is 5. The normalized spacial score (nSPS) is 21.0. The SMILES string of the molecule is CSCCN=C(NCCc1ccco1)N1CCC(OCC2CCCO2)CC1.I. The number of hydrogen-bond donors (Lipinski definition) is 1. The molecule has 3 rings (SSSR count). The maximum Gasteiger partial charge on any atom is 0.193 e. The van der Waals surface area contributed by atoms with Gasteiger partial charge in [-0.2, -0.15) is 11.8 Å². The van der Waals surface area contributed by atoms with E-state index in [4.69, 9.17) is 18.9 Å². The number of thioether (sulfide) groups is 1. The van der Waals surface area contributed by atoms with Crippen molar-refractivity contribution < 1.29 is 13.9 Å². The Bertz CT molecular complexity index is 545. The van der Waals surface area contributed by atoms with Crippen LogP contribution in [0.15, 0.2) is 27.8 Å². The number of nitrogens with one attached hydrogen (secondary N) is 1. The molecule has 1 aromatic rings. The van der Waals surface area contributed by atoms with Crippen LogP contribution < -0.4 is 5.32 Å². The maximum atomic E-state index is 6.10. The Morgan fingerprint density at radius 2 is 2.21 bits per heavy atom. The minimum Gasteiger partial charge on any atom is -0.469 e. The minimum atomic E-state index is 0. The third kappa shape index (κ3) is 8.12. The number of halogens is 1. The Kier molecular flexibility index (Phi) is 11.7. The number of nitrogens with zero attached hydrogens (tertiary/aromatic N) is 2. The third-order valence-electron chi connectivity index (χ3n) is 5.07. The van der Waals surface area contributed by atoms with Crippen LogP contribution in [0.1, 0.15) is 31.4 Å². The lowest BCUT2D eigenvalue weighted by molar-refractivity contribution is -0.0367. The summed E-state index contributed by atoms with van der Waals surface area (Å²) >= 11 is 1.83. The number of piperidine rings is 1. The largest absolute Gasteiger partial charge is 0.469 e. The van der Waals surface area contributed by atoms with E-state index in [1.807, 2.05) is 23.9 Å². The summed E-state index contributed by atoms with van der Waals surface area (Å²) in [5.74, 6) is 3.07. The Balaban J connectivity index is 0.00000280. The molecule has 8 heteroatoms. The topological polar surface area (TPSA) is 59.2 Å². The van der Waals surface area contributed by atoms with E-state index in [2.05, 4.69) is 16.5 Å². The predicted octanol–water partition coefficient (Wildman–Crippen LogP) is 3.41. The van der Waals surface area contributed by atoms with Gasteiger partial charge in [-0.3, -0.25) is 4.99 Å². The number of aliphatic imine (C=N–C) groups is 1. The molecule has 28 heavy (non-hydrogen) atoms. The smallest absolute Gasteiger partial charge is 0.193 e. The van der Waals surface area contributed by atoms with E-state index in [1.165, 1.54) is 6.42 Å². The fourth-order valence-corrected chi connectivity index (χ4v) is 3.79. The number of furan rings is 1. The average Bonchev–Trinajstić information content (AvgIpc) is 3.40. The van der Waals surface area contributed by atoms with Crippen LogP contribution in [0.2, 0.25) is 0 Å². The highest BCUT2D eigenvalue weighted by Gasteiger charge is 2.24. The van der Waals surface area contributed by atoms with E-state index >= 15 is 0 Å². The van der Waals surface area contributed by atoms with Crippen molar-refractivity contribution in [1.82, 2.24) is 10.2 Å². The summed E-state index contributed by atoms with van der Waals surface area (Å²) in [4.78, 5) is 7.18. The number of rotatable bonds is 9. The molecule has 2 aliphatic heterocycles. The molecule has 1 N–H and O–H groups in total. The van der Waals surface area contributed by atoms with Crippen LogP contribution in [0.5, 0.6) is 0 Å². The second kappa shape index (κ2) is 13.7. The number of ether oxygens (including phenoxy) is 2. The van der Waals surface area contributed by atoms with Gasteiger partial charge in [-0.1, -0.05) is 0 Å². The van der Waals surface area contributed by atoms with E-state index in [0.29, 0.717) is 12.2 Å². The number of guanidine groups is 1. The molecule has 0 spiro atoms. The highest BCUT2D eigenvalue weighted by molar-refractivity contribution is 14.0. The quantitative estimate of drug-likeness (QED) is 0.232. The molecule has 6 nitrogen and oxygen atoms in total. The zero-order chi connectivity index (χ0) is 18.7. The van der Waals surface area contributed by atoms with Crippen molar-refractivity contribution in [2.45, 2.75) is 44.3 Å². The lowest BCUT2D eigenvalue weighted by Gasteiger charge is -2.34. The molecular weight excluding hydrogens is 489 g/mol. The summed E-state index contributed by atoms with van der Waals surface area (Å²) < 4.78 is 17.2. The fourth-order valence-electron chi connectivity index (χ4n) is 3.52. The van der Waals surface area contributed by atoms with Crippen LogP contribution in [0, 0.1) is 0 Å². The Hall–Kier alpha value is -0.450. The van der Waals surface area contributed by atoms with E-state index in [9.17, 15) is 0 Å². The Labute approximate surface area is 190 Å². The van der Waals surface area contributed by atoms with E-state index in [-0.39, 0.29) is 24.0 Å². The van der Waals surface area contributed by atoms with E-state index in [0.717, 1.165) is 82.5 Å². The Morgan fingerprint density at radius 3 is 2.89 bits per heavy atom. The zero-order valence-electron chi connectivity index (χ0n) is 16.8. The van der Waals surface area contributed by atoms with Crippen LogP contribution in [0.4, 0.5) is 0 Å². The lowest BCUT2D eigenvalue weighted by Crippen LogP contribution is -2.47. The average molecular weight is 523 g/mol. The molecule has 0 aliphatic carbocycles. The molecule has 0 radical (unpaired) electrons. The van der Waals surface area contributed by atoms with Crippen molar-refractivity contribution in [2.75, 3.05) is 51.4 Å². The lowest BCUT2D eigenvalue weighted by atomic mass is 10.1. The zero-order valence-corrected chi connectivity index (χ0v) is 20.0. The van der Waals surface area contributed by atoms with Gasteiger partial charge in [0.2, 0.25) is 0 Å². The highest BCUT2D eigenvalue weighted by Crippen LogP contribution is 2.18. The van der Waals surface area contributed by atoms with Gasteiger partial charge in [0, 0.05) is 38.4 Å². The minimum absolute atomic E-state index is 0. The molecule has 2 aliphatic rings. The van der Waals surface area contributed by atoms with Gasteiger partial charge < -0.3 is 24.1 Å². The van der Waals surface area contributed by atoms with Crippen molar-refractivity contribution >= 4 is 41.7 Å². The Morgan fingerprint density at radius 1 is 1.36 bits per heavy atom. The second-order valence-electron chi connectivity index (χ2n) is 7.11. The molecule has 2 fully saturated rings. The molecule has 160 valence electrons. The molecule has 3 heterocycles. The van der Waals surface area contributed by atoms with Crippen LogP contribution >= 0.6 is 35.7 Å². The van der Waals surface area contributed by atoms with Gasteiger partial charge in [-0.15, -0.1) is 24.0 Å².